The Bertz CT molecular complexity index is 610. The fourth-order valence-electron chi connectivity index (χ4n) is 3.98. The van der Waals surface area contributed by atoms with Gasteiger partial charge in [0.25, 0.3) is 0 Å². The second kappa shape index (κ2) is 8.04. The highest BCUT2D eigenvalue weighted by molar-refractivity contribution is 5.47. The third-order valence-electron chi connectivity index (χ3n) is 5.01. The fourth-order valence-corrected chi connectivity index (χ4v) is 3.98. The predicted molar refractivity (Wildman–Crippen MR) is 111 cm³/mol. The summed E-state index contributed by atoms with van der Waals surface area (Å²) in [5.74, 6) is 0. The van der Waals surface area contributed by atoms with E-state index in [9.17, 15) is 5.11 Å². The maximum Gasteiger partial charge on any atom is 0.128 e. The van der Waals surface area contributed by atoms with Crippen molar-refractivity contribution in [1.82, 2.24) is 5.06 Å². The summed E-state index contributed by atoms with van der Waals surface area (Å²) < 4.78 is 6.08. The van der Waals surface area contributed by atoms with E-state index in [1.165, 1.54) is 0 Å². The smallest absolute Gasteiger partial charge is 0.128 e. The van der Waals surface area contributed by atoms with Gasteiger partial charge >= 0.3 is 0 Å². The Morgan fingerprint density at radius 1 is 1.15 bits per heavy atom. The van der Waals surface area contributed by atoms with Crippen LogP contribution in [0.2, 0.25) is 0 Å². The lowest BCUT2D eigenvalue weighted by molar-refractivity contribution is -0.323. The lowest BCUT2D eigenvalue weighted by Crippen LogP contribution is -2.62. The third kappa shape index (κ3) is 5.89. The third-order valence-corrected chi connectivity index (χ3v) is 5.01. The van der Waals surface area contributed by atoms with Gasteiger partial charge in [-0.1, -0.05) is 36.9 Å². The topological polar surface area (TPSA) is 41.9 Å². The van der Waals surface area contributed by atoms with Crippen LogP contribution in [0, 0.1) is 0 Å². The summed E-state index contributed by atoms with van der Waals surface area (Å²) in [6.07, 6.45) is 2.66. The first kappa shape index (κ1) is 22.1. The molecule has 1 heterocycles. The van der Waals surface area contributed by atoms with E-state index >= 15 is 0 Å². The summed E-state index contributed by atoms with van der Waals surface area (Å²) in [5.41, 5.74) is 1.36. The van der Waals surface area contributed by atoms with E-state index in [1.807, 2.05) is 18.2 Å². The van der Waals surface area contributed by atoms with Crippen molar-refractivity contribution in [1.29, 1.82) is 0 Å². The zero-order chi connectivity index (χ0) is 20.5. The molecular weight excluding hydrogens is 338 g/mol. The van der Waals surface area contributed by atoms with Gasteiger partial charge in [-0.05, 0) is 72.4 Å². The Labute approximate surface area is 165 Å². The molecule has 1 fully saturated rings. The van der Waals surface area contributed by atoms with Crippen molar-refractivity contribution in [2.24, 2.45) is 0 Å². The van der Waals surface area contributed by atoms with E-state index in [0.717, 1.165) is 11.1 Å². The van der Waals surface area contributed by atoms with Crippen LogP contribution >= 0.6 is 0 Å². The molecule has 1 aromatic carbocycles. The Kier molecular flexibility index (Phi) is 6.58. The number of benzene rings is 1. The first-order chi connectivity index (χ1) is 12.3. The molecule has 0 radical (unpaired) electrons. The molecule has 0 aliphatic carbocycles. The number of hydrogen-bond acceptors (Lipinski definition) is 4. The van der Waals surface area contributed by atoms with Gasteiger partial charge in [-0.3, -0.25) is 4.84 Å². The minimum absolute atomic E-state index is 0.225. The Hall–Kier alpha value is -1.20. The molecule has 4 heteroatoms. The number of hydroxylamine groups is 2. The highest BCUT2D eigenvalue weighted by Crippen LogP contribution is 2.41. The van der Waals surface area contributed by atoms with Gasteiger partial charge in [0.15, 0.2) is 0 Å². The molecule has 1 aliphatic heterocycles. The number of ether oxygens (including phenoxy) is 1. The van der Waals surface area contributed by atoms with Gasteiger partial charge < -0.3 is 9.84 Å². The second-order valence-corrected chi connectivity index (χ2v) is 9.87. The number of aliphatic hydroxyl groups excluding tert-OH is 1. The second-order valence-electron chi connectivity index (χ2n) is 9.87. The van der Waals surface area contributed by atoms with E-state index in [0.29, 0.717) is 19.4 Å². The van der Waals surface area contributed by atoms with Crippen molar-refractivity contribution in [3.63, 3.8) is 0 Å². The molecule has 0 amide bonds. The molecule has 152 valence electrons. The lowest BCUT2D eigenvalue weighted by Gasteiger charge is -2.53. The van der Waals surface area contributed by atoms with Crippen LogP contribution in [-0.2, 0) is 9.57 Å². The van der Waals surface area contributed by atoms with Gasteiger partial charge in [0.2, 0.25) is 0 Å². The van der Waals surface area contributed by atoms with Crippen LogP contribution in [0.5, 0.6) is 0 Å². The number of aliphatic hydroxyl groups is 1. The van der Waals surface area contributed by atoms with Gasteiger partial charge in [0.1, 0.15) is 6.10 Å². The normalized spacial score (nSPS) is 21.8. The number of nitrogens with zero attached hydrogens (tertiary/aromatic N) is 1. The maximum atomic E-state index is 10.3. The Morgan fingerprint density at radius 3 is 2.11 bits per heavy atom. The molecule has 4 nitrogen and oxygen atoms in total. The lowest BCUT2D eigenvalue weighted by atomic mass is 9.80. The first-order valence-electron chi connectivity index (χ1n) is 9.86. The summed E-state index contributed by atoms with van der Waals surface area (Å²) in [5, 5.41) is 12.4. The fraction of sp³-hybridized carbons (Fsp3) is 0.652. The van der Waals surface area contributed by atoms with Gasteiger partial charge in [0.05, 0.1) is 18.3 Å². The van der Waals surface area contributed by atoms with E-state index in [-0.39, 0.29) is 28.9 Å². The van der Waals surface area contributed by atoms with E-state index < -0.39 is 0 Å². The van der Waals surface area contributed by atoms with Crippen molar-refractivity contribution in [2.45, 2.75) is 90.2 Å². The van der Waals surface area contributed by atoms with Crippen molar-refractivity contribution in [3.05, 3.63) is 42.0 Å². The summed E-state index contributed by atoms with van der Waals surface area (Å²) in [7, 11) is 0. The number of rotatable bonds is 6. The van der Waals surface area contributed by atoms with E-state index in [4.69, 9.17) is 9.57 Å². The highest BCUT2D eigenvalue weighted by atomic mass is 16.7. The van der Waals surface area contributed by atoms with Crippen LogP contribution in [0.3, 0.4) is 0 Å². The number of piperidine rings is 1. The van der Waals surface area contributed by atoms with Crippen LogP contribution in [0.4, 0.5) is 0 Å². The minimum Gasteiger partial charge on any atom is -0.393 e. The quantitative estimate of drug-likeness (QED) is 0.748. The maximum absolute atomic E-state index is 10.3. The SMILES string of the molecule is C=Cc1ccc(C(COC(C)(C)C)ON2C(C)(C)CC(O)CC2(C)C)cc1. The van der Waals surface area contributed by atoms with Crippen LogP contribution in [0.25, 0.3) is 6.08 Å². The van der Waals surface area contributed by atoms with Gasteiger partial charge in [-0.15, -0.1) is 0 Å². The van der Waals surface area contributed by atoms with Crippen LogP contribution in [-0.4, -0.2) is 39.6 Å². The van der Waals surface area contributed by atoms with E-state index in [2.05, 4.69) is 72.2 Å². The van der Waals surface area contributed by atoms with Crippen molar-refractivity contribution >= 4 is 6.08 Å². The molecule has 0 bridgehead atoms. The summed E-state index contributed by atoms with van der Waals surface area (Å²) >= 11 is 0. The molecule has 0 aromatic heterocycles. The van der Waals surface area contributed by atoms with Crippen molar-refractivity contribution in [2.75, 3.05) is 6.61 Å². The van der Waals surface area contributed by atoms with Crippen LogP contribution in [0.1, 0.15) is 78.5 Å². The van der Waals surface area contributed by atoms with Crippen LogP contribution in [0.15, 0.2) is 30.8 Å². The van der Waals surface area contributed by atoms with Gasteiger partial charge in [-0.2, -0.15) is 5.06 Å². The highest BCUT2D eigenvalue weighted by Gasteiger charge is 2.47. The summed E-state index contributed by atoms with van der Waals surface area (Å²) in [6, 6.07) is 8.25. The van der Waals surface area contributed by atoms with Crippen LogP contribution < -0.4 is 0 Å². The average Bonchev–Trinajstić information content (AvgIpc) is 2.51. The van der Waals surface area contributed by atoms with Gasteiger partial charge in [0, 0.05) is 11.1 Å². The predicted octanol–water partition coefficient (Wildman–Crippen LogP) is 5.13. The minimum atomic E-state index is -0.314. The summed E-state index contributed by atoms with van der Waals surface area (Å²) in [6.45, 7) is 18.9. The zero-order valence-corrected chi connectivity index (χ0v) is 18.1. The van der Waals surface area contributed by atoms with Crippen molar-refractivity contribution in [3.8, 4) is 0 Å². The molecule has 1 atom stereocenters. The summed E-state index contributed by atoms with van der Waals surface area (Å²) in [4.78, 5) is 6.60. The van der Waals surface area contributed by atoms with Crippen molar-refractivity contribution < 1.29 is 14.7 Å². The molecule has 1 aliphatic rings. The molecule has 0 saturated carbocycles. The zero-order valence-electron chi connectivity index (χ0n) is 18.1. The Balaban J connectivity index is 2.30. The molecule has 1 aromatic rings. The van der Waals surface area contributed by atoms with Gasteiger partial charge in [-0.25, -0.2) is 0 Å². The first-order valence-corrected chi connectivity index (χ1v) is 9.86. The molecular formula is C23H37NO3. The largest absolute Gasteiger partial charge is 0.393 e. The molecule has 0 spiro atoms. The molecule has 2 rings (SSSR count). The number of hydrogen-bond donors (Lipinski definition) is 1. The molecule has 1 saturated heterocycles. The monoisotopic (exact) mass is 375 g/mol. The van der Waals surface area contributed by atoms with E-state index in [1.54, 1.807) is 0 Å². The molecule has 1 unspecified atom stereocenters. The molecule has 27 heavy (non-hydrogen) atoms. The average molecular weight is 376 g/mol. The standard InChI is InChI=1S/C23H37NO3/c1-9-17-10-12-18(13-11-17)20(16-26-21(2,3)4)27-24-22(5,6)14-19(25)15-23(24,7)8/h9-13,19-20,25H,1,14-16H2,2-8H3. The molecule has 1 N–H and O–H groups in total. The Morgan fingerprint density at radius 2 is 1.67 bits per heavy atom.